The van der Waals surface area contributed by atoms with Crippen molar-refractivity contribution in [1.29, 1.82) is 0 Å². The summed E-state index contributed by atoms with van der Waals surface area (Å²) in [5, 5.41) is 0. The van der Waals surface area contributed by atoms with Crippen molar-refractivity contribution < 1.29 is 28.6 Å². The Morgan fingerprint density at radius 2 is 0.618 bits per heavy atom. The van der Waals surface area contributed by atoms with Gasteiger partial charge in [0.2, 0.25) is 0 Å². The fraction of sp³-hybridized carbons (Fsp3) is 0.898. The van der Waals surface area contributed by atoms with Crippen LogP contribution in [0.2, 0.25) is 0 Å². The van der Waals surface area contributed by atoms with Gasteiger partial charge in [-0.15, -0.1) is 0 Å². The summed E-state index contributed by atoms with van der Waals surface area (Å²) in [6, 6.07) is 0. The van der Waals surface area contributed by atoms with Crippen LogP contribution in [0.1, 0.15) is 265 Å². The molecule has 0 aromatic rings. The van der Waals surface area contributed by atoms with E-state index in [-0.39, 0.29) is 31.1 Å². The van der Waals surface area contributed by atoms with Gasteiger partial charge >= 0.3 is 17.9 Å². The van der Waals surface area contributed by atoms with Gasteiger partial charge in [0.25, 0.3) is 0 Å². The molecule has 0 N–H and O–H groups in total. The zero-order valence-corrected chi connectivity index (χ0v) is 37.0. The van der Waals surface area contributed by atoms with Crippen LogP contribution in [0.4, 0.5) is 0 Å². The molecule has 0 aliphatic rings. The van der Waals surface area contributed by atoms with Crippen LogP contribution in [0.3, 0.4) is 0 Å². The van der Waals surface area contributed by atoms with Crippen LogP contribution < -0.4 is 0 Å². The molecule has 0 fully saturated rings. The van der Waals surface area contributed by atoms with Crippen LogP contribution in [0, 0.1) is 0 Å². The maximum Gasteiger partial charge on any atom is 0.306 e. The van der Waals surface area contributed by atoms with E-state index in [1.165, 1.54) is 161 Å². The van der Waals surface area contributed by atoms with Gasteiger partial charge in [-0.1, -0.05) is 219 Å². The zero-order valence-electron chi connectivity index (χ0n) is 37.0. The molecular weight excluding hydrogens is 685 g/mol. The number of carbonyl (C=O) groups excluding carboxylic acids is 3. The lowest BCUT2D eigenvalue weighted by Gasteiger charge is -2.18. The monoisotopic (exact) mass is 777 g/mol. The van der Waals surface area contributed by atoms with E-state index in [2.05, 4.69) is 32.9 Å². The lowest BCUT2D eigenvalue weighted by atomic mass is 10.0. The molecule has 1 atom stereocenters. The first kappa shape index (κ1) is 53.1. The summed E-state index contributed by atoms with van der Waals surface area (Å²) < 4.78 is 16.7. The van der Waals surface area contributed by atoms with Crippen LogP contribution in [0.25, 0.3) is 0 Å². The van der Waals surface area contributed by atoms with E-state index in [1.807, 2.05) is 0 Å². The Morgan fingerprint density at radius 1 is 0.345 bits per heavy atom. The molecule has 1 unspecified atom stereocenters. The molecule has 0 saturated heterocycles. The smallest absolute Gasteiger partial charge is 0.306 e. The van der Waals surface area contributed by atoms with Gasteiger partial charge in [-0.2, -0.15) is 0 Å². The molecule has 0 aliphatic heterocycles. The normalized spacial score (nSPS) is 12.0. The van der Waals surface area contributed by atoms with Crippen LogP contribution in [0.5, 0.6) is 0 Å². The lowest BCUT2D eigenvalue weighted by Crippen LogP contribution is -2.30. The van der Waals surface area contributed by atoms with Crippen molar-refractivity contribution >= 4 is 17.9 Å². The average molecular weight is 777 g/mol. The number of hydrogen-bond acceptors (Lipinski definition) is 6. The quantitative estimate of drug-likeness (QED) is 0.0265. The van der Waals surface area contributed by atoms with Crippen LogP contribution in [0.15, 0.2) is 12.2 Å². The third-order valence-electron chi connectivity index (χ3n) is 10.8. The van der Waals surface area contributed by atoms with E-state index in [0.717, 1.165) is 64.2 Å². The van der Waals surface area contributed by atoms with E-state index in [4.69, 9.17) is 14.2 Å². The number of ether oxygens (including phenoxy) is 3. The summed E-state index contributed by atoms with van der Waals surface area (Å²) in [4.78, 5) is 37.8. The summed E-state index contributed by atoms with van der Waals surface area (Å²) >= 11 is 0. The molecule has 0 aliphatic carbocycles. The van der Waals surface area contributed by atoms with Gasteiger partial charge in [0.1, 0.15) is 13.2 Å². The highest BCUT2D eigenvalue weighted by molar-refractivity contribution is 5.71. The third-order valence-corrected chi connectivity index (χ3v) is 10.8. The summed E-state index contributed by atoms with van der Waals surface area (Å²) in [6.07, 6.45) is 47.6. The molecule has 6 heteroatoms. The second kappa shape index (κ2) is 44.9. The molecule has 0 heterocycles. The van der Waals surface area contributed by atoms with Gasteiger partial charge in [-0.3, -0.25) is 14.4 Å². The standard InChI is InChI=1S/C49H92O6/c1-4-7-10-13-16-19-22-24-27-30-33-36-39-42-48(51)54-45-46(44-53-47(50)41-38-35-32-29-26-21-18-15-12-9-6-3)55-49(52)43-40-37-34-31-28-25-23-20-17-14-11-8-5-2/h15,18,46H,4-14,16-17,19-45H2,1-3H3/b18-15-. The Kier molecular flexibility index (Phi) is 43.4. The second-order valence-corrected chi connectivity index (χ2v) is 16.4. The van der Waals surface area contributed by atoms with Crippen molar-refractivity contribution in [2.24, 2.45) is 0 Å². The maximum absolute atomic E-state index is 12.7. The van der Waals surface area contributed by atoms with Crippen molar-refractivity contribution in [3.05, 3.63) is 12.2 Å². The summed E-state index contributed by atoms with van der Waals surface area (Å²) in [6.45, 7) is 6.61. The minimum atomic E-state index is -0.764. The number of unbranched alkanes of at least 4 members (excludes halogenated alkanes) is 31. The van der Waals surface area contributed by atoms with Gasteiger partial charge in [0.05, 0.1) is 0 Å². The molecule has 0 bridgehead atoms. The van der Waals surface area contributed by atoms with Crippen molar-refractivity contribution in [1.82, 2.24) is 0 Å². The average Bonchev–Trinajstić information content (AvgIpc) is 3.18. The predicted octanol–water partition coefficient (Wildman–Crippen LogP) is 15.4. The highest BCUT2D eigenvalue weighted by atomic mass is 16.6. The van der Waals surface area contributed by atoms with Gasteiger partial charge in [-0.05, 0) is 38.5 Å². The van der Waals surface area contributed by atoms with Crippen molar-refractivity contribution in [2.45, 2.75) is 271 Å². The molecule has 0 amide bonds. The van der Waals surface area contributed by atoms with Crippen molar-refractivity contribution in [3.8, 4) is 0 Å². The highest BCUT2D eigenvalue weighted by Gasteiger charge is 2.19. The van der Waals surface area contributed by atoms with E-state index in [1.54, 1.807) is 0 Å². The topological polar surface area (TPSA) is 78.9 Å². The number of rotatable bonds is 44. The minimum Gasteiger partial charge on any atom is -0.462 e. The Labute approximate surface area is 341 Å². The van der Waals surface area contributed by atoms with Crippen LogP contribution in [-0.2, 0) is 28.6 Å². The molecule has 324 valence electrons. The molecule has 0 spiro atoms. The van der Waals surface area contributed by atoms with E-state index in [9.17, 15) is 14.4 Å². The molecule has 0 aromatic heterocycles. The number of esters is 3. The van der Waals surface area contributed by atoms with Crippen LogP contribution in [-0.4, -0.2) is 37.2 Å². The summed E-state index contributed by atoms with van der Waals surface area (Å²) in [5.41, 5.74) is 0. The number of hydrogen-bond donors (Lipinski definition) is 0. The Morgan fingerprint density at radius 3 is 0.964 bits per heavy atom. The summed E-state index contributed by atoms with van der Waals surface area (Å²) in [7, 11) is 0. The number of allylic oxidation sites excluding steroid dienone is 2. The SMILES string of the molecule is CCCC/C=C\CCCCCCCC(=O)OCC(COC(=O)CCCCCCCCCCCCCCC)OC(=O)CCCCCCCCCCCCCCC. The number of carbonyl (C=O) groups is 3. The van der Waals surface area contributed by atoms with Crippen molar-refractivity contribution in [3.63, 3.8) is 0 Å². The first-order valence-electron chi connectivity index (χ1n) is 24.2. The first-order chi connectivity index (χ1) is 27.0. The Bertz CT molecular complexity index is 854. The molecule has 55 heavy (non-hydrogen) atoms. The van der Waals surface area contributed by atoms with Gasteiger partial charge < -0.3 is 14.2 Å². The largest absolute Gasteiger partial charge is 0.462 e. The Balaban J connectivity index is 4.33. The first-order valence-corrected chi connectivity index (χ1v) is 24.2. The van der Waals surface area contributed by atoms with Crippen molar-refractivity contribution in [2.75, 3.05) is 13.2 Å². The Hall–Kier alpha value is -1.85. The van der Waals surface area contributed by atoms with Gasteiger partial charge in [0, 0.05) is 19.3 Å². The molecule has 0 radical (unpaired) electrons. The molecule has 0 rings (SSSR count). The minimum absolute atomic E-state index is 0.0677. The zero-order chi connectivity index (χ0) is 40.1. The molecule has 0 saturated carbocycles. The van der Waals surface area contributed by atoms with E-state index in [0.29, 0.717) is 19.3 Å². The fourth-order valence-corrected chi connectivity index (χ4v) is 7.07. The molecule has 0 aromatic carbocycles. The van der Waals surface area contributed by atoms with Gasteiger partial charge in [0.15, 0.2) is 6.10 Å². The predicted molar refractivity (Wildman–Crippen MR) is 233 cm³/mol. The fourth-order valence-electron chi connectivity index (χ4n) is 7.07. The van der Waals surface area contributed by atoms with E-state index < -0.39 is 6.10 Å². The maximum atomic E-state index is 12.7. The second-order valence-electron chi connectivity index (χ2n) is 16.4. The lowest BCUT2D eigenvalue weighted by molar-refractivity contribution is -0.167. The third kappa shape index (κ3) is 43.1. The highest BCUT2D eigenvalue weighted by Crippen LogP contribution is 2.16. The molecule has 6 nitrogen and oxygen atoms in total. The summed E-state index contributed by atoms with van der Waals surface area (Å²) in [5.74, 6) is -0.866. The van der Waals surface area contributed by atoms with Gasteiger partial charge in [-0.25, -0.2) is 0 Å². The van der Waals surface area contributed by atoms with Crippen LogP contribution >= 0.6 is 0 Å². The molecular formula is C49H92O6. The van der Waals surface area contributed by atoms with E-state index >= 15 is 0 Å².